The number of aliphatic hydroxyl groups is 4. The van der Waals surface area contributed by atoms with Crippen LogP contribution in [0.4, 0.5) is 10.3 Å². The summed E-state index contributed by atoms with van der Waals surface area (Å²) in [6.45, 7) is 0.211. The normalized spacial score (nSPS) is 36.3. The Balaban J connectivity index is 0.00000420. The summed E-state index contributed by atoms with van der Waals surface area (Å²) in [6, 6.07) is 0. The molecular weight excluding hydrogens is 581 g/mol. The molecule has 0 aromatic carbocycles. The summed E-state index contributed by atoms with van der Waals surface area (Å²) in [5.41, 5.74) is 4.55. The molecule has 23 heteroatoms. The van der Waals surface area contributed by atoms with Gasteiger partial charge in [0.1, 0.15) is 30.5 Å². The van der Waals surface area contributed by atoms with Gasteiger partial charge in [-0.15, -0.1) is 0 Å². The van der Waals surface area contributed by atoms with Crippen LogP contribution in [0.15, 0.2) is 11.1 Å². The summed E-state index contributed by atoms with van der Waals surface area (Å²) in [7, 11) is -11.1. The molecule has 39 heavy (non-hydrogen) atoms. The number of rotatable bonds is 8. The van der Waals surface area contributed by atoms with Crippen LogP contribution < -0.4 is 17.4 Å². The Morgan fingerprint density at radius 3 is 2.46 bits per heavy atom. The van der Waals surface area contributed by atoms with E-state index in [9.17, 15) is 48.5 Å². The topological polar surface area (TPSA) is 326 Å². The van der Waals surface area contributed by atoms with Gasteiger partial charge in [0.2, 0.25) is 12.2 Å². The van der Waals surface area contributed by atoms with Gasteiger partial charge < -0.3 is 51.6 Å². The zero-order valence-corrected chi connectivity index (χ0v) is 21.6. The standard InChI is InChI=1S/C16H24FN5O14P2.H3N/c1-4-8(23)10(25)6(17)15(33-4)35-38(30,31)36-37(28,29)32-2-5-9(24)11(26)14(34-5)22-3-19-7-12(22)20-16(18)21-13(7)27;/h3-6,8-11,14-15,23-26H,2H2,1H3,(H,28,29)(H,30,31)(H3,18,20,21,27);1H3/t4-,5+,6-,8+,9+,10-,11+,14+,15+;/m0./s1. The number of nitrogens with two attached hydrogens (primary N) is 1. The third-order valence-corrected chi connectivity index (χ3v) is 8.27. The van der Waals surface area contributed by atoms with Crippen molar-refractivity contribution in [3.63, 3.8) is 0 Å². The van der Waals surface area contributed by atoms with E-state index < -0.39 is 83.1 Å². The first-order valence-electron chi connectivity index (χ1n) is 10.7. The molecule has 2 aliphatic rings. The van der Waals surface area contributed by atoms with Gasteiger partial charge in [0.15, 0.2) is 23.6 Å². The van der Waals surface area contributed by atoms with Crippen LogP contribution in [0, 0.1) is 0 Å². The number of phosphoric ester groups is 2. The number of H-pyrrole nitrogens is 1. The van der Waals surface area contributed by atoms with Crippen LogP contribution in [0.1, 0.15) is 13.2 Å². The lowest BCUT2D eigenvalue weighted by atomic mass is 10.0. The minimum absolute atomic E-state index is 0. The number of aromatic nitrogens is 4. The molecule has 0 bridgehead atoms. The monoisotopic (exact) mass is 608 g/mol. The summed E-state index contributed by atoms with van der Waals surface area (Å²) in [5, 5.41) is 39.9. The van der Waals surface area contributed by atoms with Crippen molar-refractivity contribution in [3.05, 3.63) is 16.7 Å². The van der Waals surface area contributed by atoms with E-state index in [0.29, 0.717) is 0 Å². The smallest absolute Gasteiger partial charge is 0.388 e. The molecule has 2 saturated heterocycles. The van der Waals surface area contributed by atoms with Crippen molar-refractivity contribution in [2.24, 2.45) is 0 Å². The minimum atomic E-state index is -5.58. The molecule has 0 spiro atoms. The van der Waals surface area contributed by atoms with Gasteiger partial charge in [0.05, 0.1) is 19.0 Å². The highest BCUT2D eigenvalue weighted by molar-refractivity contribution is 7.61. The molecule has 2 unspecified atom stereocenters. The lowest BCUT2D eigenvalue weighted by molar-refractivity contribution is -0.254. The maximum atomic E-state index is 14.1. The number of fused-ring (bicyclic) bond motifs is 1. The molecule has 2 aromatic heterocycles. The maximum Gasteiger partial charge on any atom is 0.483 e. The lowest BCUT2D eigenvalue weighted by Crippen LogP contribution is -2.55. The number of anilines is 1. The fourth-order valence-electron chi connectivity index (χ4n) is 3.78. The molecule has 0 amide bonds. The summed E-state index contributed by atoms with van der Waals surface area (Å²) >= 11 is 0. The van der Waals surface area contributed by atoms with Crippen LogP contribution in [-0.4, -0.2) is 105 Å². The van der Waals surface area contributed by atoms with E-state index in [4.69, 9.17) is 15.2 Å². The van der Waals surface area contributed by atoms with Gasteiger partial charge in [-0.2, -0.15) is 9.29 Å². The summed E-state index contributed by atoms with van der Waals surface area (Å²) in [4.78, 5) is 41.5. The van der Waals surface area contributed by atoms with E-state index in [-0.39, 0.29) is 23.3 Å². The SMILES string of the molecule is C[C@@H]1O[C@H](OP(=O)(O)OP(=O)(O)OC[C@H]2O[C@@H](n3cnc4c(=O)[nH]c(N)nc43)[C@H](O)[C@@H]2O)[C@@H](F)[C@H](O)[C@@H]1O.N. The molecule has 4 rings (SSSR count). The molecule has 0 aliphatic carbocycles. The first-order chi connectivity index (χ1) is 17.6. The quantitative estimate of drug-likeness (QED) is 0.140. The molecule has 4 heterocycles. The van der Waals surface area contributed by atoms with Crippen molar-refractivity contribution in [2.45, 2.75) is 62.2 Å². The number of hydrogen-bond donors (Lipinski definition) is 9. The number of aliphatic hydroxyl groups excluding tert-OH is 4. The highest BCUT2D eigenvalue weighted by Gasteiger charge is 2.49. The number of halogens is 1. The fraction of sp³-hybridized carbons (Fsp3) is 0.688. The Morgan fingerprint density at radius 1 is 1.13 bits per heavy atom. The molecule has 11 atom stereocenters. The van der Waals surface area contributed by atoms with Crippen LogP contribution in [0.3, 0.4) is 0 Å². The van der Waals surface area contributed by atoms with E-state index in [1.54, 1.807) is 0 Å². The van der Waals surface area contributed by atoms with Gasteiger partial charge in [-0.25, -0.2) is 18.5 Å². The lowest BCUT2D eigenvalue weighted by Gasteiger charge is -2.37. The van der Waals surface area contributed by atoms with Crippen LogP contribution >= 0.6 is 15.6 Å². The zero-order chi connectivity index (χ0) is 28.2. The first-order valence-corrected chi connectivity index (χ1v) is 13.7. The Labute approximate surface area is 216 Å². The Morgan fingerprint density at radius 2 is 1.79 bits per heavy atom. The number of alkyl halides is 1. The van der Waals surface area contributed by atoms with E-state index in [2.05, 4.69) is 28.3 Å². The average Bonchev–Trinajstić information content (AvgIpc) is 3.35. The second-order valence-electron chi connectivity index (χ2n) is 8.38. The minimum Gasteiger partial charge on any atom is -0.388 e. The molecule has 2 aromatic rings. The third-order valence-electron chi connectivity index (χ3n) is 5.67. The van der Waals surface area contributed by atoms with Gasteiger partial charge in [-0.1, -0.05) is 0 Å². The highest BCUT2D eigenvalue weighted by Crippen LogP contribution is 2.61. The van der Waals surface area contributed by atoms with Gasteiger partial charge in [0, 0.05) is 0 Å². The van der Waals surface area contributed by atoms with Crippen molar-refractivity contribution >= 4 is 32.8 Å². The summed E-state index contributed by atoms with van der Waals surface area (Å²) < 4.78 is 63.0. The number of aromatic amines is 1. The molecule has 222 valence electrons. The van der Waals surface area contributed by atoms with Crippen LogP contribution in [0.5, 0.6) is 0 Å². The largest absolute Gasteiger partial charge is 0.483 e. The molecule has 2 fully saturated rings. The van der Waals surface area contributed by atoms with E-state index in [0.717, 1.165) is 10.9 Å². The number of nitrogens with zero attached hydrogens (tertiary/aromatic N) is 3. The number of imidazole rings is 1. The first kappa shape index (κ1) is 31.6. The third kappa shape index (κ3) is 6.53. The van der Waals surface area contributed by atoms with E-state index in [1.807, 2.05) is 0 Å². The molecule has 12 N–H and O–H groups in total. The van der Waals surface area contributed by atoms with Gasteiger partial charge in [-0.3, -0.25) is 23.4 Å². The molecule has 0 saturated carbocycles. The van der Waals surface area contributed by atoms with Crippen LogP contribution in [0.25, 0.3) is 11.2 Å². The van der Waals surface area contributed by atoms with Crippen molar-refractivity contribution in [3.8, 4) is 0 Å². The van der Waals surface area contributed by atoms with Gasteiger partial charge in [-0.05, 0) is 6.92 Å². The van der Waals surface area contributed by atoms with Gasteiger partial charge in [0.25, 0.3) is 5.56 Å². The van der Waals surface area contributed by atoms with Crippen molar-refractivity contribution in [1.82, 2.24) is 25.7 Å². The number of phosphoric acid groups is 2. The van der Waals surface area contributed by atoms with E-state index in [1.165, 1.54) is 6.92 Å². The number of ether oxygens (including phenoxy) is 2. The predicted octanol–water partition coefficient (Wildman–Crippen LogP) is -2.46. The molecule has 2 aliphatic heterocycles. The fourth-order valence-corrected chi connectivity index (χ4v) is 5.92. The van der Waals surface area contributed by atoms with Crippen molar-refractivity contribution in [2.75, 3.05) is 12.3 Å². The molecule has 20 nitrogen and oxygen atoms in total. The highest BCUT2D eigenvalue weighted by atomic mass is 31.3. The summed E-state index contributed by atoms with van der Waals surface area (Å²) in [6.07, 6.45) is -15.1. The second-order valence-corrected chi connectivity index (χ2v) is 11.4. The molecular formula is C16H27FN6O14P2. The predicted molar refractivity (Wildman–Crippen MR) is 123 cm³/mol. The van der Waals surface area contributed by atoms with Crippen LogP contribution in [-0.2, 0) is 32.0 Å². The van der Waals surface area contributed by atoms with Crippen molar-refractivity contribution in [1.29, 1.82) is 0 Å². The van der Waals surface area contributed by atoms with Crippen LogP contribution in [0.2, 0.25) is 0 Å². The zero-order valence-electron chi connectivity index (χ0n) is 19.8. The van der Waals surface area contributed by atoms with Gasteiger partial charge >= 0.3 is 15.6 Å². The molecule has 0 radical (unpaired) electrons. The maximum absolute atomic E-state index is 14.1. The Hall–Kier alpha value is -1.94. The summed E-state index contributed by atoms with van der Waals surface area (Å²) in [5.74, 6) is -0.274. The Bertz CT molecular complexity index is 1330. The number of nitrogens with one attached hydrogen (secondary N) is 1. The number of hydrogen-bond acceptors (Lipinski definition) is 16. The Kier molecular flexibility index (Phi) is 9.32. The van der Waals surface area contributed by atoms with Crippen molar-refractivity contribution < 1.29 is 66.6 Å². The second kappa shape index (κ2) is 11.5. The number of nitrogen functional groups attached to an aromatic ring is 1. The van der Waals surface area contributed by atoms with E-state index >= 15 is 0 Å². The average molecular weight is 608 g/mol.